The second-order valence-electron chi connectivity index (χ2n) is 5.82. The zero-order valence-electron chi connectivity index (χ0n) is 12.7. The highest BCUT2D eigenvalue weighted by molar-refractivity contribution is 5.51. The summed E-state index contributed by atoms with van der Waals surface area (Å²) >= 11 is 0. The van der Waals surface area contributed by atoms with Crippen LogP contribution < -0.4 is 10.2 Å². The maximum Gasteiger partial charge on any atom is 0.0372 e. The first-order chi connectivity index (χ1) is 9.10. The molecule has 19 heavy (non-hydrogen) atoms. The van der Waals surface area contributed by atoms with E-state index in [4.69, 9.17) is 0 Å². The minimum atomic E-state index is 0.655. The Morgan fingerprint density at radius 3 is 2.47 bits per heavy atom. The molecule has 1 aromatic carbocycles. The molecular formula is C16H27N3. The Morgan fingerprint density at radius 2 is 1.84 bits per heavy atom. The second-order valence-corrected chi connectivity index (χ2v) is 5.82. The van der Waals surface area contributed by atoms with Crippen molar-refractivity contribution in [2.45, 2.75) is 26.3 Å². The number of anilines is 1. The number of hydrogen-bond acceptors (Lipinski definition) is 3. The third-order valence-electron chi connectivity index (χ3n) is 4.08. The molecule has 1 fully saturated rings. The topological polar surface area (TPSA) is 18.5 Å². The molecule has 1 unspecified atom stereocenters. The van der Waals surface area contributed by atoms with Crippen LogP contribution in [0.5, 0.6) is 0 Å². The fourth-order valence-corrected chi connectivity index (χ4v) is 2.94. The number of aryl methyl sites for hydroxylation is 2. The van der Waals surface area contributed by atoms with Gasteiger partial charge in [0.2, 0.25) is 0 Å². The molecule has 0 bridgehead atoms. The molecule has 0 spiro atoms. The number of nitrogens with one attached hydrogen (secondary N) is 1. The maximum absolute atomic E-state index is 3.26. The zero-order chi connectivity index (χ0) is 13.8. The highest BCUT2D eigenvalue weighted by Crippen LogP contribution is 2.22. The molecule has 1 aliphatic heterocycles. The van der Waals surface area contributed by atoms with Gasteiger partial charge in [-0.25, -0.2) is 0 Å². The number of nitrogens with zero attached hydrogens (tertiary/aromatic N) is 2. The van der Waals surface area contributed by atoms with Crippen LogP contribution in [0.25, 0.3) is 0 Å². The first-order valence-corrected chi connectivity index (χ1v) is 7.28. The van der Waals surface area contributed by atoms with E-state index in [-0.39, 0.29) is 0 Å². The molecule has 0 aromatic heterocycles. The van der Waals surface area contributed by atoms with E-state index in [0.717, 1.165) is 26.2 Å². The average Bonchev–Trinajstić information content (AvgIpc) is 2.36. The van der Waals surface area contributed by atoms with Crippen molar-refractivity contribution in [1.82, 2.24) is 10.2 Å². The highest BCUT2D eigenvalue weighted by Gasteiger charge is 2.24. The van der Waals surface area contributed by atoms with Gasteiger partial charge in [-0.3, -0.25) is 4.90 Å². The van der Waals surface area contributed by atoms with Crippen LogP contribution in [0.4, 0.5) is 5.69 Å². The minimum absolute atomic E-state index is 0.655. The maximum atomic E-state index is 3.26. The molecule has 3 heteroatoms. The van der Waals surface area contributed by atoms with E-state index >= 15 is 0 Å². The summed E-state index contributed by atoms with van der Waals surface area (Å²) in [4.78, 5) is 5.04. The Hall–Kier alpha value is -1.06. The van der Waals surface area contributed by atoms with E-state index in [2.05, 4.69) is 54.2 Å². The molecule has 1 aromatic rings. The smallest absolute Gasteiger partial charge is 0.0372 e. The number of rotatable bonds is 4. The van der Waals surface area contributed by atoms with Gasteiger partial charge < -0.3 is 10.2 Å². The zero-order valence-corrected chi connectivity index (χ0v) is 12.7. The van der Waals surface area contributed by atoms with Gasteiger partial charge in [0, 0.05) is 31.4 Å². The Morgan fingerprint density at radius 1 is 1.16 bits per heavy atom. The fraction of sp³-hybridized carbons (Fsp3) is 0.625. The van der Waals surface area contributed by atoms with Crippen LogP contribution in [0.3, 0.4) is 0 Å². The first-order valence-electron chi connectivity index (χ1n) is 7.28. The van der Waals surface area contributed by atoms with E-state index in [1.165, 1.54) is 23.2 Å². The number of benzene rings is 1. The van der Waals surface area contributed by atoms with Gasteiger partial charge in [0.1, 0.15) is 0 Å². The molecule has 1 N–H and O–H groups in total. The largest absolute Gasteiger partial charge is 0.369 e. The minimum Gasteiger partial charge on any atom is -0.369 e. The summed E-state index contributed by atoms with van der Waals surface area (Å²) in [6, 6.07) is 7.53. The normalized spacial score (nSPS) is 20.8. The number of piperazine rings is 1. The lowest BCUT2D eigenvalue weighted by Crippen LogP contribution is -2.52. The highest BCUT2D eigenvalue weighted by atomic mass is 15.3. The van der Waals surface area contributed by atoms with Crippen LogP contribution in [0.1, 0.15) is 17.5 Å². The van der Waals surface area contributed by atoms with E-state index in [9.17, 15) is 0 Å². The van der Waals surface area contributed by atoms with Gasteiger partial charge >= 0.3 is 0 Å². The van der Waals surface area contributed by atoms with Crippen molar-refractivity contribution in [3.63, 3.8) is 0 Å². The molecular weight excluding hydrogens is 234 g/mol. The van der Waals surface area contributed by atoms with E-state index < -0.39 is 0 Å². The standard InChI is InChI=1S/C16H27N3/c1-13-9-14(2)11-16(10-13)19-8-7-18(4)15(12-19)5-6-17-3/h9-11,15,17H,5-8,12H2,1-4H3. The lowest BCUT2D eigenvalue weighted by molar-refractivity contribution is 0.208. The fourth-order valence-electron chi connectivity index (χ4n) is 2.94. The van der Waals surface area contributed by atoms with Crippen LogP contribution in [0.15, 0.2) is 18.2 Å². The summed E-state index contributed by atoms with van der Waals surface area (Å²) in [5, 5.41) is 3.26. The summed E-state index contributed by atoms with van der Waals surface area (Å²) in [6.45, 7) is 8.89. The molecule has 0 amide bonds. The second kappa shape index (κ2) is 6.40. The van der Waals surface area contributed by atoms with Crippen LogP contribution in [0.2, 0.25) is 0 Å². The molecule has 1 atom stereocenters. The van der Waals surface area contributed by atoms with Crippen molar-refractivity contribution >= 4 is 5.69 Å². The Balaban J connectivity index is 2.08. The van der Waals surface area contributed by atoms with Crippen molar-refractivity contribution in [2.24, 2.45) is 0 Å². The van der Waals surface area contributed by atoms with Crippen LogP contribution in [-0.2, 0) is 0 Å². The monoisotopic (exact) mass is 261 g/mol. The van der Waals surface area contributed by atoms with Crippen LogP contribution >= 0.6 is 0 Å². The van der Waals surface area contributed by atoms with Crippen molar-refractivity contribution in [3.8, 4) is 0 Å². The molecule has 3 nitrogen and oxygen atoms in total. The molecule has 0 aliphatic carbocycles. The van der Waals surface area contributed by atoms with E-state index in [1.807, 2.05) is 7.05 Å². The molecule has 0 saturated carbocycles. The predicted molar refractivity (Wildman–Crippen MR) is 83.1 cm³/mol. The van der Waals surface area contributed by atoms with Gasteiger partial charge in [-0.05, 0) is 64.2 Å². The number of hydrogen-bond donors (Lipinski definition) is 1. The van der Waals surface area contributed by atoms with Crippen molar-refractivity contribution < 1.29 is 0 Å². The molecule has 0 radical (unpaired) electrons. The van der Waals surface area contributed by atoms with E-state index in [1.54, 1.807) is 0 Å². The quantitative estimate of drug-likeness (QED) is 0.895. The lowest BCUT2D eigenvalue weighted by atomic mass is 10.1. The summed E-state index contributed by atoms with van der Waals surface area (Å²) in [5.41, 5.74) is 4.11. The molecule has 1 aliphatic rings. The van der Waals surface area contributed by atoms with Crippen molar-refractivity contribution in [1.29, 1.82) is 0 Å². The molecule has 1 saturated heterocycles. The molecule has 1 heterocycles. The van der Waals surface area contributed by atoms with Gasteiger partial charge in [-0.1, -0.05) is 6.07 Å². The van der Waals surface area contributed by atoms with Gasteiger partial charge in [0.05, 0.1) is 0 Å². The molecule has 2 rings (SSSR count). The SMILES string of the molecule is CNCCC1CN(c2cc(C)cc(C)c2)CCN1C. The van der Waals surface area contributed by atoms with Crippen LogP contribution in [-0.4, -0.2) is 51.2 Å². The summed E-state index contributed by atoms with van der Waals surface area (Å²) < 4.78 is 0. The average molecular weight is 261 g/mol. The third-order valence-corrected chi connectivity index (χ3v) is 4.08. The Labute approximate surface area is 117 Å². The van der Waals surface area contributed by atoms with Gasteiger partial charge in [-0.2, -0.15) is 0 Å². The number of likely N-dealkylation sites (N-methyl/N-ethyl adjacent to an activating group) is 1. The lowest BCUT2D eigenvalue weighted by Gasteiger charge is -2.41. The van der Waals surface area contributed by atoms with Gasteiger partial charge in [0.15, 0.2) is 0 Å². The molecule has 106 valence electrons. The summed E-state index contributed by atoms with van der Waals surface area (Å²) in [6.07, 6.45) is 1.22. The van der Waals surface area contributed by atoms with Crippen molar-refractivity contribution in [3.05, 3.63) is 29.3 Å². The Bertz CT molecular complexity index is 396. The summed E-state index contributed by atoms with van der Waals surface area (Å²) in [7, 11) is 4.28. The van der Waals surface area contributed by atoms with Crippen molar-refractivity contribution in [2.75, 3.05) is 45.2 Å². The van der Waals surface area contributed by atoms with Gasteiger partial charge in [-0.15, -0.1) is 0 Å². The summed E-state index contributed by atoms with van der Waals surface area (Å²) in [5.74, 6) is 0. The first kappa shape index (κ1) is 14.4. The van der Waals surface area contributed by atoms with Gasteiger partial charge in [0.25, 0.3) is 0 Å². The van der Waals surface area contributed by atoms with Crippen LogP contribution in [0, 0.1) is 13.8 Å². The predicted octanol–water partition coefficient (Wildman–Crippen LogP) is 2.03. The third kappa shape index (κ3) is 3.71. The van der Waals surface area contributed by atoms with E-state index in [0.29, 0.717) is 6.04 Å². The Kier molecular flexibility index (Phi) is 4.83.